The van der Waals surface area contributed by atoms with E-state index in [4.69, 9.17) is 11.6 Å². The number of carbonyl (C=O) groups excluding carboxylic acids is 2. The molecule has 6 rings (SSSR count). The Bertz CT molecular complexity index is 1840. The number of aromatic nitrogens is 2. The molecule has 2 aliphatic rings. The number of benzene rings is 3. The highest BCUT2D eigenvalue weighted by Gasteiger charge is 2.61. The second-order valence-corrected chi connectivity index (χ2v) is 12.3. The number of hydrogen-bond acceptors (Lipinski definition) is 5. The Morgan fingerprint density at radius 1 is 0.978 bits per heavy atom. The van der Waals surface area contributed by atoms with Crippen LogP contribution in [0.4, 0.5) is 18.9 Å². The van der Waals surface area contributed by atoms with E-state index in [2.05, 4.69) is 21.2 Å². The zero-order valence-electron chi connectivity index (χ0n) is 23.5. The number of fused-ring (bicyclic) bond motifs is 1. The van der Waals surface area contributed by atoms with Crippen LogP contribution in [0.3, 0.4) is 0 Å². The van der Waals surface area contributed by atoms with E-state index in [9.17, 15) is 32.7 Å². The van der Waals surface area contributed by atoms with Gasteiger partial charge in [-0.25, -0.2) is 4.79 Å². The lowest BCUT2D eigenvalue weighted by molar-refractivity contribution is -0.267. The molecule has 1 aromatic heterocycles. The van der Waals surface area contributed by atoms with Gasteiger partial charge in [-0.05, 0) is 64.0 Å². The normalized spacial score (nSPS) is 15.8. The molecule has 9 nitrogen and oxygen atoms in total. The van der Waals surface area contributed by atoms with Crippen LogP contribution in [-0.4, -0.2) is 62.4 Å². The maximum atomic E-state index is 13.8. The third kappa shape index (κ3) is 5.75. The molecule has 234 valence electrons. The first-order valence-electron chi connectivity index (χ1n) is 13.9. The van der Waals surface area contributed by atoms with Crippen molar-refractivity contribution in [2.45, 2.75) is 31.4 Å². The predicted octanol–water partition coefficient (Wildman–Crippen LogP) is 4.75. The highest BCUT2D eigenvalue weighted by molar-refractivity contribution is 9.10. The van der Waals surface area contributed by atoms with Crippen LogP contribution in [0.2, 0.25) is 5.02 Å². The number of β-amino-alcohol motifs (C(OH)–C–C–N with tert-alkyl or cyclic N) is 1. The Balaban J connectivity index is 1.33. The molecule has 3 heterocycles. The number of rotatable bonds is 6. The highest BCUT2D eigenvalue weighted by Crippen LogP contribution is 2.40. The summed E-state index contributed by atoms with van der Waals surface area (Å²) in [6, 6.07) is 20.2. The van der Waals surface area contributed by atoms with Gasteiger partial charge in [0.15, 0.2) is 5.60 Å². The van der Waals surface area contributed by atoms with Crippen molar-refractivity contribution in [1.82, 2.24) is 19.4 Å². The predicted molar refractivity (Wildman–Crippen MR) is 165 cm³/mol. The highest BCUT2D eigenvalue weighted by atomic mass is 79.9. The van der Waals surface area contributed by atoms with E-state index in [-0.39, 0.29) is 37.8 Å². The molecule has 4 aromatic rings. The molecule has 0 spiro atoms. The molecule has 3 aromatic carbocycles. The van der Waals surface area contributed by atoms with Gasteiger partial charge in [-0.3, -0.25) is 18.7 Å². The fraction of sp³-hybridized carbons (Fsp3) is 0.258. The van der Waals surface area contributed by atoms with Gasteiger partial charge in [0.05, 0.1) is 36.0 Å². The van der Waals surface area contributed by atoms with E-state index in [1.54, 1.807) is 23.1 Å². The van der Waals surface area contributed by atoms with Crippen LogP contribution in [-0.2, 0) is 19.6 Å². The standard InChI is InChI=1S/C31H26BrClF3N5O4/c32-23-11-6-20(14-24(23)33)28(43)38-12-13-40-25(16-38)26(27(42)37-15-19-4-2-1-3-5-19)41(29(40)44)22-9-7-21(8-10-22)39-17-30(45,18-39)31(34,35)36/h1-11,14,45H,12-13,15-18H2,(H,37,42). The van der Waals surface area contributed by atoms with Crippen LogP contribution in [0, 0.1) is 0 Å². The van der Waals surface area contributed by atoms with Crippen LogP contribution in [0.1, 0.15) is 32.1 Å². The minimum absolute atomic E-state index is 0.0231. The second kappa shape index (κ2) is 11.7. The van der Waals surface area contributed by atoms with E-state index in [0.29, 0.717) is 32.1 Å². The molecule has 0 bridgehead atoms. The summed E-state index contributed by atoms with van der Waals surface area (Å²) in [5.74, 6) is -0.850. The number of anilines is 1. The molecule has 0 aliphatic carbocycles. The summed E-state index contributed by atoms with van der Waals surface area (Å²) in [7, 11) is 0. The van der Waals surface area contributed by atoms with Crippen LogP contribution in [0.5, 0.6) is 0 Å². The van der Waals surface area contributed by atoms with E-state index >= 15 is 0 Å². The Morgan fingerprint density at radius 3 is 2.29 bits per heavy atom. The van der Waals surface area contributed by atoms with Gasteiger partial charge in [0.2, 0.25) is 0 Å². The van der Waals surface area contributed by atoms with E-state index in [0.717, 1.165) is 5.56 Å². The summed E-state index contributed by atoms with van der Waals surface area (Å²) in [4.78, 5) is 43.9. The first kappa shape index (κ1) is 30.9. The third-order valence-electron chi connectivity index (χ3n) is 8.05. The van der Waals surface area contributed by atoms with Crippen LogP contribution >= 0.6 is 27.5 Å². The van der Waals surface area contributed by atoms with Crippen LogP contribution in [0.25, 0.3) is 5.69 Å². The van der Waals surface area contributed by atoms with Gasteiger partial charge < -0.3 is 20.2 Å². The minimum Gasteiger partial charge on any atom is -0.378 e. The quantitative estimate of drug-likeness (QED) is 0.302. The zero-order valence-corrected chi connectivity index (χ0v) is 25.9. The molecular weight excluding hydrogens is 679 g/mol. The topological polar surface area (TPSA) is 99.8 Å². The number of halogens is 5. The SMILES string of the molecule is O=C(NCc1ccccc1)c1c2n(c(=O)n1-c1ccc(N3CC(O)(C(F)(F)F)C3)cc1)CCN(C(=O)c1ccc(Br)c(Cl)c1)C2. The fourth-order valence-corrected chi connectivity index (χ4v) is 5.97. The van der Waals surface area contributed by atoms with Gasteiger partial charge in [-0.2, -0.15) is 13.2 Å². The molecule has 0 atom stereocenters. The maximum Gasteiger partial charge on any atom is 0.420 e. The Morgan fingerprint density at radius 2 is 1.64 bits per heavy atom. The average Bonchev–Trinajstić information content (AvgIpc) is 3.30. The number of nitrogens with zero attached hydrogens (tertiary/aromatic N) is 4. The van der Waals surface area contributed by atoms with Crippen molar-refractivity contribution in [2.24, 2.45) is 0 Å². The number of imidazole rings is 1. The first-order chi connectivity index (χ1) is 21.4. The van der Waals surface area contributed by atoms with E-state index in [1.807, 2.05) is 30.3 Å². The second-order valence-electron chi connectivity index (χ2n) is 11.0. The van der Waals surface area contributed by atoms with Crippen molar-refractivity contribution in [3.8, 4) is 5.69 Å². The maximum absolute atomic E-state index is 13.8. The van der Waals surface area contributed by atoms with Crippen LogP contribution < -0.4 is 15.9 Å². The van der Waals surface area contributed by atoms with Gasteiger partial charge in [0.25, 0.3) is 11.8 Å². The first-order valence-corrected chi connectivity index (χ1v) is 15.1. The van der Waals surface area contributed by atoms with Crippen LogP contribution in [0.15, 0.2) is 82.1 Å². The minimum atomic E-state index is -4.75. The van der Waals surface area contributed by atoms with Crippen molar-refractivity contribution in [3.05, 3.63) is 115 Å². The van der Waals surface area contributed by atoms with Gasteiger partial charge in [-0.1, -0.05) is 41.9 Å². The van der Waals surface area contributed by atoms with Crippen molar-refractivity contribution < 1.29 is 27.9 Å². The van der Waals surface area contributed by atoms with Crippen molar-refractivity contribution in [2.75, 3.05) is 24.5 Å². The molecule has 0 radical (unpaired) electrons. The van der Waals surface area contributed by atoms with Crippen molar-refractivity contribution in [1.29, 1.82) is 0 Å². The van der Waals surface area contributed by atoms with Gasteiger partial charge in [0, 0.05) is 35.4 Å². The Kier molecular flexibility index (Phi) is 8.04. The van der Waals surface area contributed by atoms with E-state index < -0.39 is 36.5 Å². The monoisotopic (exact) mass is 703 g/mol. The molecule has 2 aliphatic heterocycles. The Labute approximate surface area is 268 Å². The number of alkyl halides is 3. The van der Waals surface area contributed by atoms with Gasteiger partial charge in [-0.15, -0.1) is 0 Å². The van der Waals surface area contributed by atoms with Gasteiger partial charge >= 0.3 is 11.9 Å². The summed E-state index contributed by atoms with van der Waals surface area (Å²) in [6.07, 6.45) is -4.75. The largest absolute Gasteiger partial charge is 0.420 e. The van der Waals surface area contributed by atoms with E-state index in [1.165, 1.54) is 38.3 Å². The molecule has 0 saturated carbocycles. The molecule has 1 saturated heterocycles. The number of amides is 2. The number of hydrogen-bond donors (Lipinski definition) is 2. The summed E-state index contributed by atoms with van der Waals surface area (Å²) in [6.45, 7) is -0.713. The number of aliphatic hydroxyl groups is 1. The van der Waals surface area contributed by atoms with Gasteiger partial charge in [0.1, 0.15) is 5.69 Å². The number of nitrogens with one attached hydrogen (secondary N) is 1. The molecule has 2 N–H and O–H groups in total. The molecule has 45 heavy (non-hydrogen) atoms. The zero-order chi connectivity index (χ0) is 32.1. The lowest BCUT2D eigenvalue weighted by Gasteiger charge is -2.48. The summed E-state index contributed by atoms with van der Waals surface area (Å²) < 4.78 is 42.7. The summed E-state index contributed by atoms with van der Waals surface area (Å²) in [5, 5.41) is 13.1. The third-order valence-corrected chi connectivity index (χ3v) is 9.28. The Hall–Kier alpha value is -4.07. The summed E-state index contributed by atoms with van der Waals surface area (Å²) >= 11 is 9.53. The molecule has 1 fully saturated rings. The lowest BCUT2D eigenvalue weighted by Crippen LogP contribution is -2.69. The van der Waals surface area contributed by atoms with Crippen molar-refractivity contribution >= 4 is 45.0 Å². The number of carbonyl (C=O) groups is 2. The molecule has 14 heteroatoms. The average molecular weight is 705 g/mol. The fourth-order valence-electron chi connectivity index (χ4n) is 5.54. The molecule has 2 amide bonds. The summed E-state index contributed by atoms with van der Waals surface area (Å²) in [5.41, 5.74) is -0.942. The molecule has 0 unspecified atom stereocenters. The molecular formula is C31H26BrClF3N5O4. The van der Waals surface area contributed by atoms with Crippen molar-refractivity contribution in [3.63, 3.8) is 0 Å². The smallest absolute Gasteiger partial charge is 0.378 e. The lowest BCUT2D eigenvalue weighted by atomic mass is 9.93.